The molecule has 1 saturated heterocycles. The highest BCUT2D eigenvalue weighted by Crippen LogP contribution is 2.63. The van der Waals surface area contributed by atoms with Gasteiger partial charge in [0.05, 0.1) is 23.1 Å². The van der Waals surface area contributed by atoms with E-state index < -0.39 is 5.97 Å². The Kier molecular flexibility index (Phi) is 2.37. The van der Waals surface area contributed by atoms with Gasteiger partial charge in [-0.05, 0) is 24.5 Å². The maximum Gasteiger partial charge on any atom is 0.337 e. The molecule has 0 aromatic heterocycles. The first kappa shape index (κ1) is 12.8. The normalized spacial score (nSPS) is 26.6. The molecule has 2 aliphatic rings. The Morgan fingerprint density at radius 1 is 1.20 bits per heavy atom. The van der Waals surface area contributed by atoms with E-state index >= 15 is 0 Å². The number of fused-ring (bicyclic) bond motifs is 1. The summed E-state index contributed by atoms with van der Waals surface area (Å²) in [5, 5.41) is 9.25. The largest absolute Gasteiger partial charge is 0.478 e. The van der Waals surface area contributed by atoms with Crippen molar-refractivity contribution in [1.29, 1.82) is 0 Å². The molecule has 1 heterocycles. The molecule has 5 heteroatoms. The molecule has 1 aliphatic carbocycles. The molecule has 1 saturated carbocycles. The summed E-state index contributed by atoms with van der Waals surface area (Å²) in [5.41, 5.74) is 0.654. The van der Waals surface area contributed by atoms with Crippen LogP contribution in [-0.2, 0) is 9.59 Å². The fraction of sp³-hybridized carbons (Fsp3) is 0.400. The number of imide groups is 1. The van der Waals surface area contributed by atoms with Gasteiger partial charge in [0.1, 0.15) is 0 Å². The van der Waals surface area contributed by atoms with E-state index in [9.17, 15) is 19.5 Å². The van der Waals surface area contributed by atoms with Gasteiger partial charge in [-0.25, -0.2) is 9.69 Å². The Labute approximate surface area is 116 Å². The molecule has 1 N–H and O–H groups in total. The molecule has 1 aromatic rings. The third-order valence-electron chi connectivity index (χ3n) is 4.42. The Morgan fingerprint density at radius 2 is 1.75 bits per heavy atom. The summed E-state index contributed by atoms with van der Waals surface area (Å²) >= 11 is 0. The van der Waals surface area contributed by atoms with Crippen molar-refractivity contribution < 1.29 is 19.5 Å². The maximum atomic E-state index is 12.3. The van der Waals surface area contributed by atoms with Crippen molar-refractivity contribution >= 4 is 23.5 Å². The first-order chi connectivity index (χ1) is 9.26. The molecular weight excluding hydrogens is 258 g/mol. The minimum atomic E-state index is -1.14. The zero-order valence-corrected chi connectivity index (χ0v) is 11.5. The topological polar surface area (TPSA) is 74.7 Å². The van der Waals surface area contributed by atoms with E-state index in [0.29, 0.717) is 0 Å². The summed E-state index contributed by atoms with van der Waals surface area (Å²) < 4.78 is 0. The third kappa shape index (κ3) is 1.46. The number of hydrogen-bond donors (Lipinski definition) is 1. The van der Waals surface area contributed by atoms with Crippen LogP contribution >= 0.6 is 0 Å². The Hall–Kier alpha value is -2.17. The van der Waals surface area contributed by atoms with Crippen LogP contribution in [0.15, 0.2) is 18.2 Å². The number of carbonyl (C=O) groups excluding carboxylic acids is 2. The number of amides is 2. The van der Waals surface area contributed by atoms with Gasteiger partial charge in [0.15, 0.2) is 0 Å². The van der Waals surface area contributed by atoms with Gasteiger partial charge in [0.2, 0.25) is 11.8 Å². The summed E-state index contributed by atoms with van der Waals surface area (Å²) in [7, 11) is 0. The van der Waals surface area contributed by atoms with E-state index in [1.165, 1.54) is 12.1 Å². The fourth-order valence-corrected chi connectivity index (χ4v) is 3.20. The first-order valence-corrected chi connectivity index (χ1v) is 6.48. The van der Waals surface area contributed by atoms with E-state index in [-0.39, 0.29) is 40.3 Å². The van der Waals surface area contributed by atoms with Crippen molar-refractivity contribution in [3.63, 3.8) is 0 Å². The second-order valence-electron chi connectivity index (χ2n) is 6.11. The zero-order valence-electron chi connectivity index (χ0n) is 11.5. The number of rotatable bonds is 2. The summed E-state index contributed by atoms with van der Waals surface area (Å²) in [4.78, 5) is 37.1. The van der Waals surface area contributed by atoms with Crippen LogP contribution in [0.5, 0.6) is 0 Å². The maximum absolute atomic E-state index is 12.3. The number of nitrogens with zero attached hydrogens (tertiary/aromatic N) is 1. The van der Waals surface area contributed by atoms with Gasteiger partial charge in [0, 0.05) is 0 Å². The Balaban J connectivity index is 2.06. The van der Waals surface area contributed by atoms with Gasteiger partial charge in [-0.2, -0.15) is 0 Å². The minimum absolute atomic E-state index is 0.00851. The molecule has 3 rings (SSSR count). The van der Waals surface area contributed by atoms with Crippen molar-refractivity contribution in [3.8, 4) is 0 Å². The van der Waals surface area contributed by atoms with Gasteiger partial charge in [-0.1, -0.05) is 25.5 Å². The second kappa shape index (κ2) is 3.69. The van der Waals surface area contributed by atoms with Crippen molar-refractivity contribution in [2.75, 3.05) is 4.90 Å². The predicted molar refractivity (Wildman–Crippen MR) is 71.4 cm³/mol. The lowest BCUT2D eigenvalue weighted by molar-refractivity contribution is -0.125. The molecule has 2 atom stereocenters. The van der Waals surface area contributed by atoms with Crippen molar-refractivity contribution in [2.45, 2.75) is 20.8 Å². The number of aryl methyl sites for hydroxylation is 1. The second-order valence-corrected chi connectivity index (χ2v) is 6.11. The van der Waals surface area contributed by atoms with Crippen LogP contribution in [0.1, 0.15) is 29.8 Å². The molecular formula is C15H15NO4. The number of anilines is 1. The lowest BCUT2D eigenvalue weighted by Gasteiger charge is -2.22. The van der Waals surface area contributed by atoms with Crippen molar-refractivity contribution in [2.24, 2.45) is 17.3 Å². The summed E-state index contributed by atoms with van der Waals surface area (Å²) in [6.45, 7) is 5.55. The smallest absolute Gasteiger partial charge is 0.337 e. The van der Waals surface area contributed by atoms with E-state index in [1.54, 1.807) is 13.0 Å². The average Bonchev–Trinajstić information content (AvgIpc) is 2.81. The Bertz CT molecular complexity index is 638. The number of carboxylic acid groups (broad SMARTS) is 1. The van der Waals surface area contributed by atoms with Crippen LogP contribution < -0.4 is 4.90 Å². The van der Waals surface area contributed by atoms with E-state index in [2.05, 4.69) is 0 Å². The SMILES string of the molecule is Cc1ccc(N2C(=O)C3C(C2=O)C3(C)C)c(C(=O)O)c1. The summed E-state index contributed by atoms with van der Waals surface area (Å²) in [6.07, 6.45) is 0. The number of carboxylic acids is 1. The van der Waals surface area contributed by atoms with Gasteiger partial charge in [-0.15, -0.1) is 0 Å². The third-order valence-corrected chi connectivity index (χ3v) is 4.42. The van der Waals surface area contributed by atoms with Crippen LogP contribution in [0, 0.1) is 24.2 Å². The Morgan fingerprint density at radius 3 is 2.25 bits per heavy atom. The van der Waals surface area contributed by atoms with Crippen LogP contribution in [0.25, 0.3) is 0 Å². The number of aromatic carboxylic acids is 1. The van der Waals surface area contributed by atoms with Gasteiger partial charge >= 0.3 is 5.97 Å². The molecule has 0 bridgehead atoms. The number of piperidine rings is 1. The van der Waals surface area contributed by atoms with E-state index in [4.69, 9.17) is 0 Å². The molecule has 5 nitrogen and oxygen atoms in total. The monoisotopic (exact) mass is 273 g/mol. The predicted octanol–water partition coefficient (Wildman–Crippen LogP) is 1.84. The number of benzene rings is 1. The van der Waals surface area contributed by atoms with Gasteiger partial charge < -0.3 is 5.11 Å². The van der Waals surface area contributed by atoms with Gasteiger partial charge in [0.25, 0.3) is 0 Å². The lowest BCUT2D eigenvalue weighted by atomic mass is 10.0. The molecule has 20 heavy (non-hydrogen) atoms. The molecule has 2 amide bonds. The quantitative estimate of drug-likeness (QED) is 0.834. The van der Waals surface area contributed by atoms with Crippen molar-refractivity contribution in [3.05, 3.63) is 29.3 Å². The van der Waals surface area contributed by atoms with E-state index in [0.717, 1.165) is 10.5 Å². The zero-order chi connectivity index (χ0) is 14.8. The molecule has 1 aromatic carbocycles. The fourth-order valence-electron chi connectivity index (χ4n) is 3.20. The van der Waals surface area contributed by atoms with Crippen LogP contribution in [0.3, 0.4) is 0 Å². The minimum Gasteiger partial charge on any atom is -0.478 e. The molecule has 0 radical (unpaired) electrons. The van der Waals surface area contributed by atoms with Crippen LogP contribution in [-0.4, -0.2) is 22.9 Å². The summed E-state index contributed by atoms with van der Waals surface area (Å²) in [5.74, 6) is -2.31. The first-order valence-electron chi connectivity index (χ1n) is 6.48. The highest BCUT2D eigenvalue weighted by atomic mass is 16.4. The molecule has 1 aliphatic heterocycles. The molecule has 104 valence electrons. The highest BCUT2D eigenvalue weighted by molar-refractivity contribution is 6.27. The highest BCUT2D eigenvalue weighted by Gasteiger charge is 2.72. The molecule has 0 spiro atoms. The standard InChI is InChI=1S/C15H15NO4/c1-7-4-5-9(8(6-7)14(19)20)16-12(17)10-11(13(16)18)15(10,2)3/h4-6,10-11H,1-3H3,(H,19,20). The molecule has 2 fully saturated rings. The average molecular weight is 273 g/mol. The van der Waals surface area contributed by atoms with E-state index in [1.807, 2.05) is 13.8 Å². The van der Waals surface area contributed by atoms with Crippen LogP contribution in [0.2, 0.25) is 0 Å². The number of hydrogen-bond acceptors (Lipinski definition) is 3. The number of carbonyl (C=O) groups is 3. The van der Waals surface area contributed by atoms with Crippen LogP contribution in [0.4, 0.5) is 5.69 Å². The van der Waals surface area contributed by atoms with Crippen molar-refractivity contribution in [1.82, 2.24) is 0 Å². The summed E-state index contributed by atoms with van der Waals surface area (Å²) in [6, 6.07) is 4.72. The molecule has 2 unspecified atom stereocenters. The van der Waals surface area contributed by atoms with Gasteiger partial charge in [-0.3, -0.25) is 9.59 Å². The lowest BCUT2D eigenvalue weighted by Crippen LogP contribution is -2.37.